The van der Waals surface area contributed by atoms with Crippen LogP contribution in [0.3, 0.4) is 0 Å². The third kappa shape index (κ3) is 4.45. The number of hydrogen-bond acceptors (Lipinski definition) is 6. The summed E-state index contributed by atoms with van der Waals surface area (Å²) < 4.78 is 5.39. The van der Waals surface area contributed by atoms with Gasteiger partial charge < -0.3 is 19.9 Å². The molecule has 7 heteroatoms. The molecule has 0 spiro atoms. The predicted octanol–water partition coefficient (Wildman–Crippen LogP) is 1.88. The Hall–Kier alpha value is -2.67. The average Bonchev–Trinajstić information content (AvgIpc) is 2.64. The number of benzene rings is 1. The van der Waals surface area contributed by atoms with Crippen LogP contribution in [0.25, 0.3) is 0 Å². The number of carbonyl (C=O) groups is 1. The summed E-state index contributed by atoms with van der Waals surface area (Å²) in [4.78, 5) is 16.8. The van der Waals surface area contributed by atoms with Crippen molar-refractivity contribution in [1.82, 2.24) is 15.1 Å². The van der Waals surface area contributed by atoms with E-state index in [-0.39, 0.29) is 5.91 Å². The Kier molecular flexibility index (Phi) is 5.45. The lowest BCUT2D eigenvalue weighted by molar-refractivity contribution is 0.102. The van der Waals surface area contributed by atoms with Gasteiger partial charge in [-0.15, -0.1) is 10.2 Å². The van der Waals surface area contributed by atoms with Crippen LogP contribution in [0.2, 0.25) is 0 Å². The van der Waals surface area contributed by atoms with Crippen LogP contribution in [0.1, 0.15) is 17.4 Å². The molecule has 1 amide bonds. The molecule has 0 saturated carbocycles. The topological polar surface area (TPSA) is 70.6 Å². The molecule has 0 aliphatic carbocycles. The highest BCUT2D eigenvalue weighted by Crippen LogP contribution is 2.17. The number of rotatable bonds is 5. The molecule has 2 aromatic rings. The Balaban J connectivity index is 1.60. The smallest absolute Gasteiger partial charge is 0.276 e. The fourth-order valence-corrected chi connectivity index (χ4v) is 2.65. The fraction of sp³-hybridized carbons (Fsp3) is 0.389. The summed E-state index contributed by atoms with van der Waals surface area (Å²) in [6.07, 6.45) is 0. The van der Waals surface area contributed by atoms with Crippen LogP contribution >= 0.6 is 0 Å². The SMILES string of the molecule is CCOc1ccc(NC(=O)c2ccc(N3CCN(C)CC3)nn2)cc1. The number of ether oxygens (including phenoxy) is 1. The first-order valence-corrected chi connectivity index (χ1v) is 8.47. The van der Waals surface area contributed by atoms with Gasteiger partial charge >= 0.3 is 0 Å². The van der Waals surface area contributed by atoms with Crippen LogP contribution in [-0.2, 0) is 0 Å². The minimum absolute atomic E-state index is 0.276. The van der Waals surface area contributed by atoms with Crippen LogP contribution in [0, 0.1) is 0 Å². The summed E-state index contributed by atoms with van der Waals surface area (Å²) in [5.41, 5.74) is 0.991. The van der Waals surface area contributed by atoms with Gasteiger partial charge in [0.25, 0.3) is 5.91 Å². The van der Waals surface area contributed by atoms with Crippen molar-refractivity contribution in [1.29, 1.82) is 0 Å². The molecule has 1 aromatic heterocycles. The molecule has 1 fully saturated rings. The minimum Gasteiger partial charge on any atom is -0.494 e. The van der Waals surface area contributed by atoms with E-state index < -0.39 is 0 Å². The lowest BCUT2D eigenvalue weighted by Crippen LogP contribution is -2.44. The Morgan fingerprint density at radius 2 is 1.80 bits per heavy atom. The van der Waals surface area contributed by atoms with Gasteiger partial charge in [-0.05, 0) is 50.4 Å². The maximum Gasteiger partial charge on any atom is 0.276 e. The van der Waals surface area contributed by atoms with Crippen LogP contribution in [0.4, 0.5) is 11.5 Å². The molecule has 0 atom stereocenters. The Morgan fingerprint density at radius 3 is 2.40 bits per heavy atom. The molecule has 1 aliphatic rings. The van der Waals surface area contributed by atoms with E-state index >= 15 is 0 Å². The fourth-order valence-electron chi connectivity index (χ4n) is 2.65. The number of aromatic nitrogens is 2. The van der Waals surface area contributed by atoms with Crippen molar-refractivity contribution in [2.75, 3.05) is 50.1 Å². The number of anilines is 2. The van der Waals surface area contributed by atoms with Crippen molar-refractivity contribution >= 4 is 17.4 Å². The zero-order valence-electron chi connectivity index (χ0n) is 14.6. The number of likely N-dealkylation sites (N-methyl/N-ethyl adjacent to an activating group) is 1. The first-order valence-electron chi connectivity index (χ1n) is 8.47. The monoisotopic (exact) mass is 341 g/mol. The van der Waals surface area contributed by atoms with Crippen molar-refractivity contribution in [2.45, 2.75) is 6.92 Å². The highest BCUT2D eigenvalue weighted by Gasteiger charge is 2.16. The highest BCUT2D eigenvalue weighted by atomic mass is 16.5. The molecular formula is C18H23N5O2. The maximum atomic E-state index is 12.3. The lowest BCUT2D eigenvalue weighted by atomic mass is 10.2. The first kappa shape index (κ1) is 17.2. The average molecular weight is 341 g/mol. The van der Waals surface area contributed by atoms with Crippen molar-refractivity contribution in [3.63, 3.8) is 0 Å². The van der Waals surface area contributed by atoms with Gasteiger partial charge in [-0.1, -0.05) is 0 Å². The Labute approximate surface area is 147 Å². The van der Waals surface area contributed by atoms with E-state index in [1.807, 2.05) is 25.1 Å². The molecular weight excluding hydrogens is 318 g/mol. The van der Waals surface area contributed by atoms with Gasteiger partial charge in [0.05, 0.1) is 6.61 Å². The largest absolute Gasteiger partial charge is 0.494 e. The molecule has 0 radical (unpaired) electrons. The molecule has 25 heavy (non-hydrogen) atoms. The third-order valence-corrected chi connectivity index (χ3v) is 4.13. The molecule has 0 bridgehead atoms. The number of amides is 1. The number of nitrogens with zero attached hydrogens (tertiary/aromatic N) is 4. The van der Waals surface area contributed by atoms with Crippen LogP contribution in [0.5, 0.6) is 5.75 Å². The molecule has 7 nitrogen and oxygen atoms in total. The summed E-state index contributed by atoms with van der Waals surface area (Å²) in [7, 11) is 2.11. The molecule has 0 unspecified atom stereocenters. The zero-order chi connectivity index (χ0) is 17.6. The predicted molar refractivity (Wildman–Crippen MR) is 97.3 cm³/mol. The summed E-state index contributed by atoms with van der Waals surface area (Å²) in [5, 5.41) is 11.1. The van der Waals surface area contributed by atoms with Crippen LogP contribution in [-0.4, -0.2) is 60.8 Å². The molecule has 1 N–H and O–H groups in total. The second-order valence-corrected chi connectivity index (χ2v) is 5.98. The van der Waals surface area contributed by atoms with E-state index in [1.165, 1.54) is 0 Å². The van der Waals surface area contributed by atoms with E-state index in [4.69, 9.17) is 4.74 Å². The number of carbonyl (C=O) groups excluding carboxylic acids is 1. The van der Waals surface area contributed by atoms with E-state index in [9.17, 15) is 4.79 Å². The highest BCUT2D eigenvalue weighted by molar-refractivity contribution is 6.02. The van der Waals surface area contributed by atoms with Crippen molar-refractivity contribution < 1.29 is 9.53 Å². The summed E-state index contributed by atoms with van der Waals surface area (Å²) >= 11 is 0. The second-order valence-electron chi connectivity index (χ2n) is 5.98. The third-order valence-electron chi connectivity index (χ3n) is 4.13. The second kappa shape index (κ2) is 7.94. The van der Waals surface area contributed by atoms with Crippen LogP contribution in [0.15, 0.2) is 36.4 Å². The van der Waals surface area contributed by atoms with Crippen molar-refractivity contribution in [3.8, 4) is 5.75 Å². The standard InChI is InChI=1S/C18H23N5O2/c1-3-25-15-6-4-14(5-7-15)19-18(24)16-8-9-17(21-20-16)23-12-10-22(2)11-13-23/h4-9H,3,10-13H2,1-2H3,(H,19,24). The molecule has 132 valence electrons. The number of hydrogen-bond donors (Lipinski definition) is 1. The molecule has 1 aliphatic heterocycles. The first-order chi connectivity index (χ1) is 12.2. The zero-order valence-corrected chi connectivity index (χ0v) is 14.6. The van der Waals surface area contributed by atoms with E-state index in [0.29, 0.717) is 18.0 Å². The van der Waals surface area contributed by atoms with E-state index in [2.05, 4.69) is 32.4 Å². The van der Waals surface area contributed by atoms with Gasteiger partial charge in [0.15, 0.2) is 11.5 Å². The van der Waals surface area contributed by atoms with Gasteiger partial charge in [0.1, 0.15) is 5.75 Å². The number of nitrogens with one attached hydrogen (secondary N) is 1. The Bertz CT molecular complexity index is 694. The maximum absolute atomic E-state index is 12.3. The lowest BCUT2D eigenvalue weighted by Gasteiger charge is -2.32. The van der Waals surface area contributed by atoms with Gasteiger partial charge in [-0.2, -0.15) is 0 Å². The minimum atomic E-state index is -0.276. The quantitative estimate of drug-likeness (QED) is 0.895. The van der Waals surface area contributed by atoms with Crippen molar-refractivity contribution in [2.24, 2.45) is 0 Å². The normalized spacial score (nSPS) is 15.0. The molecule has 1 saturated heterocycles. The summed E-state index contributed by atoms with van der Waals surface area (Å²) in [6.45, 7) is 6.39. The summed E-state index contributed by atoms with van der Waals surface area (Å²) in [5.74, 6) is 1.31. The van der Waals surface area contributed by atoms with E-state index in [0.717, 1.165) is 37.7 Å². The van der Waals surface area contributed by atoms with E-state index in [1.54, 1.807) is 18.2 Å². The summed E-state index contributed by atoms with van der Waals surface area (Å²) in [6, 6.07) is 10.8. The van der Waals surface area contributed by atoms with Gasteiger partial charge in [0.2, 0.25) is 0 Å². The van der Waals surface area contributed by atoms with Gasteiger partial charge in [-0.3, -0.25) is 4.79 Å². The molecule has 3 rings (SSSR count). The Morgan fingerprint density at radius 1 is 1.08 bits per heavy atom. The number of piperazine rings is 1. The van der Waals surface area contributed by atoms with Gasteiger partial charge in [0, 0.05) is 31.9 Å². The van der Waals surface area contributed by atoms with Crippen LogP contribution < -0.4 is 15.0 Å². The molecule has 1 aromatic carbocycles. The van der Waals surface area contributed by atoms with Gasteiger partial charge in [-0.25, -0.2) is 0 Å². The van der Waals surface area contributed by atoms with Crippen molar-refractivity contribution in [3.05, 3.63) is 42.1 Å². The molecule has 2 heterocycles.